The quantitative estimate of drug-likeness (QED) is 0.799. The largest absolute Gasteiger partial charge is 0.475 e. The van der Waals surface area contributed by atoms with Gasteiger partial charge in [-0.2, -0.15) is 0 Å². The first-order valence-corrected chi connectivity index (χ1v) is 4.91. The van der Waals surface area contributed by atoms with E-state index in [1.54, 1.807) is 6.07 Å². The summed E-state index contributed by atoms with van der Waals surface area (Å²) in [6, 6.07) is 7.25. The SMILES string of the molecule is C#CCCc1c(C(=O)O)oc2ccccc12. The topological polar surface area (TPSA) is 50.4 Å². The van der Waals surface area contributed by atoms with Crippen molar-refractivity contribution in [3.8, 4) is 12.3 Å². The van der Waals surface area contributed by atoms with Gasteiger partial charge in [-0.05, 0) is 12.5 Å². The van der Waals surface area contributed by atoms with Crippen LogP contribution in [0.25, 0.3) is 11.0 Å². The maximum Gasteiger partial charge on any atom is 0.372 e. The zero-order valence-electron chi connectivity index (χ0n) is 8.56. The van der Waals surface area contributed by atoms with Gasteiger partial charge < -0.3 is 9.52 Å². The van der Waals surface area contributed by atoms with Gasteiger partial charge in [-0.25, -0.2) is 4.79 Å². The molecule has 0 aliphatic carbocycles. The summed E-state index contributed by atoms with van der Waals surface area (Å²) in [7, 11) is 0. The van der Waals surface area contributed by atoms with Gasteiger partial charge >= 0.3 is 5.97 Å². The fourth-order valence-corrected chi connectivity index (χ4v) is 1.72. The van der Waals surface area contributed by atoms with Gasteiger partial charge in [-0.1, -0.05) is 18.2 Å². The van der Waals surface area contributed by atoms with E-state index in [9.17, 15) is 4.79 Å². The van der Waals surface area contributed by atoms with E-state index in [-0.39, 0.29) is 5.76 Å². The van der Waals surface area contributed by atoms with Crippen LogP contribution in [0.5, 0.6) is 0 Å². The molecule has 0 atom stereocenters. The standard InChI is InChI=1S/C13H10O3/c1-2-3-6-10-9-7-4-5-8-11(9)16-12(10)13(14)15/h1,4-5,7-8H,3,6H2,(H,14,15). The van der Waals surface area contributed by atoms with Gasteiger partial charge in [0.1, 0.15) is 5.58 Å². The molecule has 2 rings (SSSR count). The Labute approximate surface area is 92.7 Å². The van der Waals surface area contributed by atoms with Gasteiger partial charge in [-0.15, -0.1) is 12.3 Å². The van der Waals surface area contributed by atoms with Crippen molar-refractivity contribution in [3.05, 3.63) is 35.6 Å². The van der Waals surface area contributed by atoms with Crippen LogP contribution >= 0.6 is 0 Å². The second-order valence-corrected chi connectivity index (χ2v) is 3.42. The summed E-state index contributed by atoms with van der Waals surface area (Å²) in [5.41, 5.74) is 1.27. The molecule has 0 spiro atoms. The normalized spacial score (nSPS) is 10.2. The lowest BCUT2D eigenvalue weighted by molar-refractivity contribution is 0.0663. The van der Waals surface area contributed by atoms with Crippen LogP contribution in [-0.2, 0) is 6.42 Å². The Kier molecular flexibility index (Phi) is 2.65. The first-order valence-electron chi connectivity index (χ1n) is 4.91. The average molecular weight is 214 g/mol. The third-order valence-electron chi connectivity index (χ3n) is 2.41. The zero-order valence-corrected chi connectivity index (χ0v) is 8.56. The van der Waals surface area contributed by atoms with Crippen molar-refractivity contribution in [1.29, 1.82) is 0 Å². The predicted molar refractivity (Wildman–Crippen MR) is 60.3 cm³/mol. The second-order valence-electron chi connectivity index (χ2n) is 3.42. The Morgan fingerprint density at radius 2 is 2.19 bits per heavy atom. The van der Waals surface area contributed by atoms with Crippen LogP contribution < -0.4 is 0 Å². The molecule has 1 heterocycles. The highest BCUT2D eigenvalue weighted by molar-refractivity contribution is 5.95. The summed E-state index contributed by atoms with van der Waals surface area (Å²) in [4.78, 5) is 11.0. The van der Waals surface area contributed by atoms with Crippen molar-refractivity contribution < 1.29 is 14.3 Å². The van der Waals surface area contributed by atoms with Crippen LogP contribution in [0.3, 0.4) is 0 Å². The molecular formula is C13H10O3. The van der Waals surface area contributed by atoms with E-state index in [1.807, 2.05) is 18.2 Å². The van der Waals surface area contributed by atoms with Gasteiger partial charge in [0.15, 0.2) is 0 Å². The lowest BCUT2D eigenvalue weighted by Gasteiger charge is -1.95. The number of furan rings is 1. The molecule has 80 valence electrons. The van der Waals surface area contributed by atoms with Gasteiger partial charge in [-0.3, -0.25) is 0 Å². The molecule has 0 saturated carbocycles. The monoisotopic (exact) mass is 214 g/mol. The number of benzene rings is 1. The molecule has 0 bridgehead atoms. The molecule has 0 radical (unpaired) electrons. The Hall–Kier alpha value is -2.21. The molecule has 1 aromatic heterocycles. The first-order chi connectivity index (χ1) is 7.74. The van der Waals surface area contributed by atoms with Crippen molar-refractivity contribution >= 4 is 16.9 Å². The number of carbonyl (C=O) groups is 1. The van der Waals surface area contributed by atoms with Crippen molar-refractivity contribution in [2.24, 2.45) is 0 Å². The molecule has 2 aromatic rings. The number of carboxylic acids is 1. The van der Waals surface area contributed by atoms with Crippen molar-refractivity contribution in [1.82, 2.24) is 0 Å². The summed E-state index contributed by atoms with van der Waals surface area (Å²) in [6.45, 7) is 0. The summed E-state index contributed by atoms with van der Waals surface area (Å²) < 4.78 is 5.29. The van der Waals surface area contributed by atoms with E-state index < -0.39 is 5.97 Å². The van der Waals surface area contributed by atoms with E-state index in [1.165, 1.54) is 0 Å². The molecule has 0 unspecified atom stereocenters. The molecule has 0 aliphatic rings. The number of hydrogen-bond acceptors (Lipinski definition) is 2. The molecular weight excluding hydrogens is 204 g/mol. The summed E-state index contributed by atoms with van der Waals surface area (Å²) in [5.74, 6) is 1.45. The number of fused-ring (bicyclic) bond motifs is 1. The number of terminal acetylenes is 1. The number of carboxylic acid groups (broad SMARTS) is 1. The van der Waals surface area contributed by atoms with E-state index in [0.717, 1.165) is 5.39 Å². The summed E-state index contributed by atoms with van der Waals surface area (Å²) in [5, 5.41) is 9.85. The molecule has 0 saturated heterocycles. The number of aromatic carboxylic acids is 1. The maximum atomic E-state index is 11.0. The van der Waals surface area contributed by atoms with Gasteiger partial charge in [0.05, 0.1) is 0 Å². The Balaban J connectivity index is 2.60. The fourth-order valence-electron chi connectivity index (χ4n) is 1.72. The van der Waals surface area contributed by atoms with E-state index >= 15 is 0 Å². The van der Waals surface area contributed by atoms with Crippen LogP contribution in [0.1, 0.15) is 22.5 Å². The van der Waals surface area contributed by atoms with E-state index in [0.29, 0.717) is 24.0 Å². The van der Waals surface area contributed by atoms with E-state index in [2.05, 4.69) is 5.92 Å². The molecule has 1 aromatic carbocycles. The number of rotatable bonds is 3. The maximum absolute atomic E-state index is 11.0. The number of aryl methyl sites for hydroxylation is 1. The van der Waals surface area contributed by atoms with Crippen molar-refractivity contribution in [2.45, 2.75) is 12.8 Å². The fraction of sp³-hybridized carbons (Fsp3) is 0.154. The Morgan fingerprint density at radius 1 is 1.44 bits per heavy atom. The third kappa shape index (κ3) is 1.66. The first kappa shape index (κ1) is 10.3. The highest BCUT2D eigenvalue weighted by atomic mass is 16.4. The highest BCUT2D eigenvalue weighted by Gasteiger charge is 2.18. The van der Waals surface area contributed by atoms with Crippen LogP contribution in [0, 0.1) is 12.3 Å². The lowest BCUT2D eigenvalue weighted by Crippen LogP contribution is -1.98. The molecule has 3 nitrogen and oxygen atoms in total. The minimum atomic E-state index is -1.05. The minimum absolute atomic E-state index is 0.00329. The van der Waals surface area contributed by atoms with E-state index in [4.69, 9.17) is 15.9 Å². The molecule has 0 amide bonds. The van der Waals surface area contributed by atoms with Crippen molar-refractivity contribution in [2.75, 3.05) is 0 Å². The number of hydrogen-bond donors (Lipinski definition) is 1. The molecule has 3 heteroatoms. The predicted octanol–water partition coefficient (Wildman–Crippen LogP) is 2.70. The van der Waals surface area contributed by atoms with Gasteiger partial charge in [0.2, 0.25) is 5.76 Å². The minimum Gasteiger partial charge on any atom is -0.475 e. The molecule has 16 heavy (non-hydrogen) atoms. The zero-order chi connectivity index (χ0) is 11.5. The van der Waals surface area contributed by atoms with Gasteiger partial charge in [0.25, 0.3) is 0 Å². The highest BCUT2D eigenvalue weighted by Crippen LogP contribution is 2.26. The second kappa shape index (κ2) is 4.11. The van der Waals surface area contributed by atoms with Crippen LogP contribution in [0.4, 0.5) is 0 Å². The van der Waals surface area contributed by atoms with Crippen LogP contribution in [0.2, 0.25) is 0 Å². The Bertz CT molecular complexity index is 572. The summed E-state index contributed by atoms with van der Waals surface area (Å²) in [6.07, 6.45) is 6.21. The summed E-state index contributed by atoms with van der Waals surface area (Å²) >= 11 is 0. The molecule has 0 fully saturated rings. The third-order valence-corrected chi connectivity index (χ3v) is 2.41. The number of para-hydroxylation sites is 1. The van der Waals surface area contributed by atoms with Crippen LogP contribution in [0.15, 0.2) is 28.7 Å². The molecule has 1 N–H and O–H groups in total. The molecule has 0 aliphatic heterocycles. The smallest absolute Gasteiger partial charge is 0.372 e. The van der Waals surface area contributed by atoms with Gasteiger partial charge in [0, 0.05) is 17.4 Å². The van der Waals surface area contributed by atoms with Crippen molar-refractivity contribution in [3.63, 3.8) is 0 Å². The lowest BCUT2D eigenvalue weighted by atomic mass is 10.1. The average Bonchev–Trinajstić information content (AvgIpc) is 2.65. The Morgan fingerprint density at radius 3 is 2.88 bits per heavy atom. The van der Waals surface area contributed by atoms with Crippen LogP contribution in [-0.4, -0.2) is 11.1 Å².